The summed E-state index contributed by atoms with van der Waals surface area (Å²) >= 11 is 5.67. The van der Waals surface area contributed by atoms with Gasteiger partial charge in [-0.2, -0.15) is 0 Å². The number of hydrogen-bond acceptors (Lipinski definition) is 2. The molecule has 0 atom stereocenters. The lowest BCUT2D eigenvalue weighted by Gasteiger charge is -2.23. The molecule has 3 heteroatoms. The number of hydrogen-bond donors (Lipinski definition) is 0. The molecule has 0 aliphatic rings. The summed E-state index contributed by atoms with van der Waals surface area (Å²) in [6, 6.07) is 6.04. The fraction of sp³-hybridized carbons (Fsp3) is 0.647. The first-order valence-corrected chi connectivity index (χ1v) is 7.89. The van der Waals surface area contributed by atoms with E-state index in [9.17, 15) is 0 Å². The number of alkyl halides is 1. The van der Waals surface area contributed by atoms with Crippen LogP contribution in [0.4, 0.5) is 0 Å². The van der Waals surface area contributed by atoms with Crippen LogP contribution in [0.2, 0.25) is 0 Å². The summed E-state index contributed by atoms with van der Waals surface area (Å²) in [6.07, 6.45) is 4.53. The van der Waals surface area contributed by atoms with Crippen molar-refractivity contribution in [3.63, 3.8) is 0 Å². The Kier molecular flexibility index (Phi) is 7.22. The molecule has 0 fully saturated rings. The van der Waals surface area contributed by atoms with Crippen LogP contribution >= 0.6 is 11.6 Å². The molecule has 1 aromatic rings. The number of unbranched alkanes of at least 4 members (excludes halogenated alkanes) is 3. The normalized spacial score (nSPS) is 11.4. The minimum absolute atomic E-state index is 0.0441. The Morgan fingerprint density at radius 3 is 2.35 bits per heavy atom. The predicted octanol–water partition coefficient (Wildman–Crippen LogP) is 5.17. The first-order valence-electron chi connectivity index (χ1n) is 7.36. The molecule has 0 radical (unpaired) electrons. The average molecular weight is 299 g/mol. The third-order valence-electron chi connectivity index (χ3n) is 3.28. The Morgan fingerprint density at radius 2 is 1.75 bits per heavy atom. The third-order valence-corrected chi connectivity index (χ3v) is 3.55. The van der Waals surface area contributed by atoms with E-state index in [2.05, 4.69) is 26.8 Å². The lowest BCUT2D eigenvalue weighted by Crippen LogP contribution is -2.14. The Bertz CT molecular complexity index is 396. The minimum Gasteiger partial charge on any atom is -0.497 e. The van der Waals surface area contributed by atoms with Crippen molar-refractivity contribution in [3.05, 3.63) is 23.8 Å². The Balaban J connectivity index is 2.60. The number of benzene rings is 1. The van der Waals surface area contributed by atoms with Gasteiger partial charge in [-0.25, -0.2) is 0 Å². The fourth-order valence-corrected chi connectivity index (χ4v) is 2.27. The maximum Gasteiger partial charge on any atom is 0.123 e. The van der Waals surface area contributed by atoms with Gasteiger partial charge in [-0.05, 0) is 36.5 Å². The second-order valence-corrected chi connectivity index (χ2v) is 6.44. The van der Waals surface area contributed by atoms with Gasteiger partial charge in [0.2, 0.25) is 0 Å². The van der Waals surface area contributed by atoms with E-state index in [0.29, 0.717) is 0 Å². The molecule has 0 amide bonds. The van der Waals surface area contributed by atoms with Gasteiger partial charge in [0.15, 0.2) is 0 Å². The lowest BCUT2D eigenvalue weighted by molar-refractivity contribution is 0.296. The lowest BCUT2D eigenvalue weighted by atomic mass is 9.86. The third kappa shape index (κ3) is 5.62. The first kappa shape index (κ1) is 17.2. The van der Waals surface area contributed by atoms with Crippen molar-refractivity contribution in [1.29, 1.82) is 0 Å². The zero-order chi connectivity index (χ0) is 15.0. The summed E-state index contributed by atoms with van der Waals surface area (Å²) in [6.45, 7) is 7.33. The quantitative estimate of drug-likeness (QED) is 0.487. The van der Waals surface area contributed by atoms with Gasteiger partial charge < -0.3 is 9.47 Å². The van der Waals surface area contributed by atoms with Gasteiger partial charge in [0.1, 0.15) is 11.5 Å². The highest BCUT2D eigenvalue weighted by atomic mass is 35.5. The van der Waals surface area contributed by atoms with Gasteiger partial charge in [-0.1, -0.05) is 33.6 Å². The van der Waals surface area contributed by atoms with Crippen LogP contribution < -0.4 is 9.47 Å². The van der Waals surface area contributed by atoms with Crippen LogP contribution in [0.25, 0.3) is 0 Å². The van der Waals surface area contributed by atoms with Gasteiger partial charge in [-0.3, -0.25) is 0 Å². The summed E-state index contributed by atoms with van der Waals surface area (Å²) in [5, 5.41) is 0. The van der Waals surface area contributed by atoms with E-state index >= 15 is 0 Å². The van der Waals surface area contributed by atoms with E-state index in [1.807, 2.05) is 12.1 Å². The molecule has 114 valence electrons. The Hall–Kier alpha value is -0.890. The molecule has 20 heavy (non-hydrogen) atoms. The molecule has 0 aliphatic carbocycles. The molecule has 1 rings (SSSR count). The fourth-order valence-electron chi connectivity index (χ4n) is 2.08. The molecule has 0 saturated heterocycles. The summed E-state index contributed by atoms with van der Waals surface area (Å²) in [5.41, 5.74) is 1.24. The van der Waals surface area contributed by atoms with Crippen molar-refractivity contribution in [3.8, 4) is 11.5 Å². The maximum atomic E-state index is 5.95. The molecule has 0 unspecified atom stereocenters. The zero-order valence-electron chi connectivity index (χ0n) is 13.2. The van der Waals surface area contributed by atoms with Crippen LogP contribution in [-0.2, 0) is 5.41 Å². The zero-order valence-corrected chi connectivity index (χ0v) is 13.9. The van der Waals surface area contributed by atoms with E-state index in [0.717, 1.165) is 36.8 Å². The molecule has 0 saturated carbocycles. The van der Waals surface area contributed by atoms with Crippen LogP contribution in [0.3, 0.4) is 0 Å². The summed E-state index contributed by atoms with van der Waals surface area (Å²) < 4.78 is 11.3. The molecule has 2 nitrogen and oxygen atoms in total. The maximum absolute atomic E-state index is 5.95. The summed E-state index contributed by atoms with van der Waals surface area (Å²) in [4.78, 5) is 0. The number of methoxy groups -OCH3 is 1. The standard InChI is InChI=1S/C17H27ClO2/c1-17(2,3)15-13-14(19-4)9-10-16(15)20-12-8-6-5-7-11-18/h9-10,13H,5-8,11-12H2,1-4H3. The van der Waals surface area contributed by atoms with E-state index in [4.69, 9.17) is 21.1 Å². The van der Waals surface area contributed by atoms with Gasteiger partial charge in [0.05, 0.1) is 13.7 Å². The highest BCUT2D eigenvalue weighted by molar-refractivity contribution is 6.17. The van der Waals surface area contributed by atoms with Crippen molar-refractivity contribution in [2.75, 3.05) is 19.6 Å². The SMILES string of the molecule is COc1ccc(OCCCCCCCl)c(C(C)(C)C)c1. The highest BCUT2D eigenvalue weighted by Crippen LogP contribution is 2.34. The van der Waals surface area contributed by atoms with E-state index in [1.54, 1.807) is 7.11 Å². The van der Waals surface area contributed by atoms with Crippen molar-refractivity contribution in [2.45, 2.75) is 51.9 Å². The van der Waals surface area contributed by atoms with Crippen molar-refractivity contribution in [1.82, 2.24) is 0 Å². The molecular weight excluding hydrogens is 272 g/mol. The average Bonchev–Trinajstić information content (AvgIpc) is 2.41. The Labute approximate surface area is 128 Å². The van der Waals surface area contributed by atoms with Crippen molar-refractivity contribution >= 4 is 11.6 Å². The highest BCUT2D eigenvalue weighted by Gasteiger charge is 2.19. The van der Waals surface area contributed by atoms with Crippen LogP contribution in [-0.4, -0.2) is 19.6 Å². The molecule has 0 bridgehead atoms. The summed E-state index contributed by atoms with van der Waals surface area (Å²) in [5.74, 6) is 2.60. The van der Waals surface area contributed by atoms with Crippen molar-refractivity contribution < 1.29 is 9.47 Å². The Morgan fingerprint density at radius 1 is 1.05 bits per heavy atom. The molecule has 0 N–H and O–H groups in total. The molecule has 0 heterocycles. The van der Waals surface area contributed by atoms with Gasteiger partial charge >= 0.3 is 0 Å². The van der Waals surface area contributed by atoms with Crippen LogP contribution in [0.1, 0.15) is 52.0 Å². The second-order valence-electron chi connectivity index (χ2n) is 6.06. The van der Waals surface area contributed by atoms with E-state index in [-0.39, 0.29) is 5.41 Å². The van der Waals surface area contributed by atoms with Crippen LogP contribution in [0, 0.1) is 0 Å². The monoisotopic (exact) mass is 298 g/mol. The smallest absolute Gasteiger partial charge is 0.123 e. The molecule has 0 aromatic heterocycles. The van der Waals surface area contributed by atoms with Gasteiger partial charge in [0, 0.05) is 11.4 Å². The van der Waals surface area contributed by atoms with Crippen molar-refractivity contribution in [2.24, 2.45) is 0 Å². The summed E-state index contributed by atoms with van der Waals surface area (Å²) in [7, 11) is 1.69. The number of halogens is 1. The second kappa shape index (κ2) is 8.41. The predicted molar refractivity (Wildman–Crippen MR) is 86.4 cm³/mol. The molecule has 0 aliphatic heterocycles. The number of ether oxygens (including phenoxy) is 2. The topological polar surface area (TPSA) is 18.5 Å². The van der Waals surface area contributed by atoms with Gasteiger partial charge in [0.25, 0.3) is 0 Å². The van der Waals surface area contributed by atoms with Crippen LogP contribution in [0.5, 0.6) is 11.5 Å². The molecular formula is C17H27ClO2. The van der Waals surface area contributed by atoms with Crippen LogP contribution in [0.15, 0.2) is 18.2 Å². The van der Waals surface area contributed by atoms with E-state index < -0.39 is 0 Å². The minimum atomic E-state index is 0.0441. The number of rotatable bonds is 8. The van der Waals surface area contributed by atoms with E-state index in [1.165, 1.54) is 18.4 Å². The van der Waals surface area contributed by atoms with Gasteiger partial charge in [-0.15, -0.1) is 11.6 Å². The molecule has 0 spiro atoms. The molecule has 1 aromatic carbocycles. The largest absolute Gasteiger partial charge is 0.497 e. The first-order chi connectivity index (χ1) is 9.49.